The lowest BCUT2D eigenvalue weighted by atomic mass is 9.96. The van der Waals surface area contributed by atoms with Gasteiger partial charge in [-0.05, 0) is 48.9 Å². The smallest absolute Gasteiger partial charge is 0.258 e. The molecule has 21 heavy (non-hydrogen) atoms. The van der Waals surface area contributed by atoms with Crippen molar-refractivity contribution < 1.29 is 14.0 Å². The zero-order valence-corrected chi connectivity index (χ0v) is 11.2. The van der Waals surface area contributed by atoms with E-state index in [9.17, 15) is 9.50 Å². The van der Waals surface area contributed by atoms with Crippen LogP contribution in [-0.4, -0.2) is 20.2 Å². The van der Waals surface area contributed by atoms with Gasteiger partial charge in [0.05, 0.1) is 0 Å². The summed E-state index contributed by atoms with van der Waals surface area (Å²) in [6, 6.07) is 9.03. The number of halogens is 1. The minimum atomic E-state index is -1.40. The SMILES string of the molecule is CC(O)(c1ccncc1)c1noc(-c2ccc(F)cc2)n1. The Hall–Kier alpha value is -2.60. The van der Waals surface area contributed by atoms with E-state index in [1.807, 2.05) is 0 Å². The van der Waals surface area contributed by atoms with Crippen LogP contribution < -0.4 is 0 Å². The molecule has 106 valence electrons. The summed E-state index contributed by atoms with van der Waals surface area (Å²) < 4.78 is 18.0. The van der Waals surface area contributed by atoms with Crippen molar-refractivity contribution in [3.63, 3.8) is 0 Å². The number of pyridine rings is 1. The van der Waals surface area contributed by atoms with Crippen LogP contribution >= 0.6 is 0 Å². The Morgan fingerprint density at radius 3 is 2.43 bits per heavy atom. The van der Waals surface area contributed by atoms with Gasteiger partial charge in [0.1, 0.15) is 11.4 Å². The third-order valence-corrected chi connectivity index (χ3v) is 3.20. The van der Waals surface area contributed by atoms with Gasteiger partial charge in [-0.15, -0.1) is 0 Å². The standard InChI is InChI=1S/C15H12FN3O2/c1-15(20,11-6-8-17-9-7-11)14-18-13(21-19-14)10-2-4-12(16)5-3-10/h2-9,20H,1H3. The highest BCUT2D eigenvalue weighted by atomic mass is 19.1. The average Bonchev–Trinajstić information content (AvgIpc) is 2.99. The van der Waals surface area contributed by atoms with Crippen LogP contribution in [0, 0.1) is 5.82 Å². The van der Waals surface area contributed by atoms with E-state index in [1.165, 1.54) is 24.3 Å². The second-order valence-corrected chi connectivity index (χ2v) is 4.74. The Labute approximate surface area is 120 Å². The molecule has 0 aliphatic heterocycles. The molecule has 0 spiro atoms. The molecule has 1 N–H and O–H groups in total. The van der Waals surface area contributed by atoms with Gasteiger partial charge in [-0.3, -0.25) is 4.98 Å². The highest BCUT2D eigenvalue weighted by molar-refractivity contribution is 5.52. The summed E-state index contributed by atoms with van der Waals surface area (Å²) in [6.45, 7) is 1.57. The zero-order valence-electron chi connectivity index (χ0n) is 11.2. The molecule has 0 amide bonds. The van der Waals surface area contributed by atoms with Gasteiger partial charge in [0, 0.05) is 18.0 Å². The third-order valence-electron chi connectivity index (χ3n) is 3.20. The van der Waals surface area contributed by atoms with Crippen molar-refractivity contribution in [1.29, 1.82) is 0 Å². The fraction of sp³-hybridized carbons (Fsp3) is 0.133. The minimum Gasteiger partial charge on any atom is -0.377 e. The maximum Gasteiger partial charge on any atom is 0.258 e. The first-order valence-corrected chi connectivity index (χ1v) is 6.30. The summed E-state index contributed by atoms with van der Waals surface area (Å²) in [5.41, 5.74) is -0.213. The van der Waals surface area contributed by atoms with E-state index in [0.29, 0.717) is 11.1 Å². The molecule has 0 aliphatic carbocycles. The maximum atomic E-state index is 12.9. The van der Waals surface area contributed by atoms with Crippen LogP contribution in [0.1, 0.15) is 18.3 Å². The first kappa shape index (κ1) is 13.4. The average molecular weight is 285 g/mol. The summed E-state index contributed by atoms with van der Waals surface area (Å²) in [5, 5.41) is 14.4. The van der Waals surface area contributed by atoms with Crippen LogP contribution in [0.4, 0.5) is 4.39 Å². The highest BCUT2D eigenvalue weighted by Crippen LogP contribution is 2.28. The fourth-order valence-corrected chi connectivity index (χ4v) is 1.94. The highest BCUT2D eigenvalue weighted by Gasteiger charge is 2.31. The summed E-state index contributed by atoms with van der Waals surface area (Å²) in [5.74, 6) is 0.00891. The molecule has 3 rings (SSSR count). The summed E-state index contributed by atoms with van der Waals surface area (Å²) in [4.78, 5) is 8.09. The molecule has 0 aliphatic rings. The molecule has 1 atom stereocenters. The van der Waals surface area contributed by atoms with Gasteiger partial charge in [0.2, 0.25) is 5.82 Å². The molecule has 0 saturated carbocycles. The van der Waals surface area contributed by atoms with Crippen molar-refractivity contribution in [1.82, 2.24) is 15.1 Å². The number of rotatable bonds is 3. The third kappa shape index (κ3) is 2.53. The van der Waals surface area contributed by atoms with Crippen molar-refractivity contribution in [2.45, 2.75) is 12.5 Å². The lowest BCUT2D eigenvalue weighted by Gasteiger charge is -2.18. The Bertz CT molecular complexity index is 739. The van der Waals surface area contributed by atoms with E-state index in [4.69, 9.17) is 4.52 Å². The molecule has 0 fully saturated rings. The summed E-state index contributed by atoms with van der Waals surface area (Å²) in [7, 11) is 0. The van der Waals surface area contributed by atoms with Crippen LogP contribution in [-0.2, 0) is 5.60 Å². The summed E-state index contributed by atoms with van der Waals surface area (Å²) >= 11 is 0. The topological polar surface area (TPSA) is 72.0 Å². The molecular weight excluding hydrogens is 273 g/mol. The van der Waals surface area contributed by atoms with Crippen LogP contribution in [0.5, 0.6) is 0 Å². The second kappa shape index (κ2) is 5.06. The summed E-state index contributed by atoms with van der Waals surface area (Å²) in [6.07, 6.45) is 3.15. The Balaban J connectivity index is 1.96. The number of aromatic nitrogens is 3. The van der Waals surface area contributed by atoms with Gasteiger partial charge in [0.25, 0.3) is 5.89 Å². The monoisotopic (exact) mass is 285 g/mol. The van der Waals surface area contributed by atoms with E-state index >= 15 is 0 Å². The quantitative estimate of drug-likeness (QED) is 0.800. The minimum absolute atomic E-state index is 0.132. The molecule has 2 aromatic heterocycles. The molecule has 0 bridgehead atoms. The van der Waals surface area contributed by atoms with Gasteiger partial charge in [-0.25, -0.2) is 4.39 Å². The van der Waals surface area contributed by atoms with Crippen molar-refractivity contribution in [3.8, 4) is 11.5 Å². The second-order valence-electron chi connectivity index (χ2n) is 4.74. The molecule has 3 aromatic rings. The predicted molar refractivity (Wildman–Crippen MR) is 72.6 cm³/mol. The van der Waals surface area contributed by atoms with E-state index in [2.05, 4.69) is 15.1 Å². The van der Waals surface area contributed by atoms with E-state index in [0.717, 1.165) is 0 Å². The first-order valence-electron chi connectivity index (χ1n) is 6.30. The largest absolute Gasteiger partial charge is 0.377 e. The van der Waals surface area contributed by atoms with E-state index in [-0.39, 0.29) is 17.5 Å². The van der Waals surface area contributed by atoms with Crippen LogP contribution in [0.25, 0.3) is 11.5 Å². The van der Waals surface area contributed by atoms with Gasteiger partial charge in [-0.1, -0.05) is 5.16 Å². The first-order chi connectivity index (χ1) is 10.1. The normalized spacial score (nSPS) is 13.9. The molecule has 1 aromatic carbocycles. The van der Waals surface area contributed by atoms with Gasteiger partial charge < -0.3 is 9.63 Å². The molecular formula is C15H12FN3O2. The van der Waals surface area contributed by atoms with Crippen LogP contribution in [0.3, 0.4) is 0 Å². The fourth-order valence-electron chi connectivity index (χ4n) is 1.94. The van der Waals surface area contributed by atoms with E-state index in [1.54, 1.807) is 31.5 Å². The van der Waals surface area contributed by atoms with Crippen LogP contribution in [0.15, 0.2) is 53.3 Å². The number of aliphatic hydroxyl groups is 1. The molecule has 6 heteroatoms. The Morgan fingerprint density at radius 2 is 1.76 bits per heavy atom. The number of hydrogen-bond acceptors (Lipinski definition) is 5. The van der Waals surface area contributed by atoms with Crippen molar-refractivity contribution in [2.24, 2.45) is 0 Å². The number of nitrogens with zero attached hydrogens (tertiary/aromatic N) is 3. The lowest BCUT2D eigenvalue weighted by molar-refractivity contribution is 0.0891. The predicted octanol–water partition coefficient (Wildman–Crippen LogP) is 2.53. The molecule has 0 saturated heterocycles. The Morgan fingerprint density at radius 1 is 1.10 bits per heavy atom. The zero-order chi connectivity index (χ0) is 14.9. The van der Waals surface area contributed by atoms with Crippen molar-refractivity contribution >= 4 is 0 Å². The number of hydrogen-bond donors (Lipinski definition) is 1. The van der Waals surface area contributed by atoms with Gasteiger partial charge >= 0.3 is 0 Å². The molecule has 1 unspecified atom stereocenters. The molecule has 2 heterocycles. The van der Waals surface area contributed by atoms with Crippen LogP contribution in [0.2, 0.25) is 0 Å². The maximum absolute atomic E-state index is 12.9. The van der Waals surface area contributed by atoms with Gasteiger partial charge in [0.15, 0.2) is 0 Å². The lowest BCUT2D eigenvalue weighted by Crippen LogP contribution is -2.24. The number of benzene rings is 1. The Kier molecular flexibility index (Phi) is 3.23. The molecule has 0 radical (unpaired) electrons. The molecule has 5 nitrogen and oxygen atoms in total. The van der Waals surface area contributed by atoms with E-state index < -0.39 is 5.60 Å². The van der Waals surface area contributed by atoms with Crippen molar-refractivity contribution in [2.75, 3.05) is 0 Å². The van der Waals surface area contributed by atoms with Gasteiger partial charge in [-0.2, -0.15) is 4.98 Å². The van der Waals surface area contributed by atoms with Crippen molar-refractivity contribution in [3.05, 3.63) is 66.0 Å².